The van der Waals surface area contributed by atoms with Gasteiger partial charge in [-0.2, -0.15) is 0 Å². The molecule has 28 heavy (non-hydrogen) atoms. The van der Waals surface area contributed by atoms with Crippen LogP contribution in [0.4, 0.5) is 8.78 Å². The predicted molar refractivity (Wildman–Crippen MR) is 104 cm³/mol. The molecule has 0 fully saturated rings. The van der Waals surface area contributed by atoms with Crippen molar-refractivity contribution in [3.05, 3.63) is 70.8 Å². The summed E-state index contributed by atoms with van der Waals surface area (Å²) in [6.07, 6.45) is 0.708. The van der Waals surface area contributed by atoms with E-state index in [1.807, 2.05) is 51.1 Å². The Hall–Kier alpha value is -2.76. The number of carbonyl (C=O) groups excluding carboxylic acids is 1. The number of ether oxygens (including phenoxy) is 1. The van der Waals surface area contributed by atoms with E-state index in [0.717, 1.165) is 11.6 Å². The molecule has 0 unspecified atom stereocenters. The molecule has 1 amide bonds. The summed E-state index contributed by atoms with van der Waals surface area (Å²) in [7, 11) is 0. The first kappa shape index (κ1) is 20.0. The number of primary amides is 1. The molecule has 0 saturated carbocycles. The average molecular weight is 386 g/mol. The average Bonchev–Trinajstić information content (AvgIpc) is 3.04. The first-order chi connectivity index (χ1) is 13.2. The highest BCUT2D eigenvalue weighted by molar-refractivity contribution is 5.94. The van der Waals surface area contributed by atoms with Gasteiger partial charge in [0.2, 0.25) is 0 Å². The molecule has 1 heterocycles. The monoisotopic (exact) mass is 386 g/mol. The third-order valence-electron chi connectivity index (χ3n) is 4.84. The lowest BCUT2D eigenvalue weighted by atomic mass is 9.75. The summed E-state index contributed by atoms with van der Waals surface area (Å²) in [4.78, 5) is 16.2. The molecule has 1 aliphatic heterocycles. The molecule has 0 aromatic heterocycles. The maximum atomic E-state index is 15.0. The summed E-state index contributed by atoms with van der Waals surface area (Å²) >= 11 is 0. The minimum absolute atomic E-state index is 0.0821. The van der Waals surface area contributed by atoms with Gasteiger partial charge in [-0.25, -0.2) is 13.8 Å². The minimum Gasteiger partial charge on any atom is -0.478 e. The molecule has 2 aromatic carbocycles. The Morgan fingerprint density at radius 3 is 2.50 bits per heavy atom. The largest absolute Gasteiger partial charge is 0.478 e. The van der Waals surface area contributed by atoms with E-state index < -0.39 is 34.4 Å². The maximum absolute atomic E-state index is 15.0. The van der Waals surface area contributed by atoms with Gasteiger partial charge < -0.3 is 10.5 Å². The van der Waals surface area contributed by atoms with Gasteiger partial charge in [-0.05, 0) is 23.5 Å². The lowest BCUT2D eigenvalue weighted by Crippen LogP contribution is -2.29. The van der Waals surface area contributed by atoms with E-state index in [1.54, 1.807) is 0 Å². The van der Waals surface area contributed by atoms with Gasteiger partial charge in [0.1, 0.15) is 23.8 Å². The number of halogens is 2. The van der Waals surface area contributed by atoms with Gasteiger partial charge >= 0.3 is 0 Å². The molecule has 0 spiro atoms. The van der Waals surface area contributed by atoms with Gasteiger partial charge in [0.25, 0.3) is 5.91 Å². The fourth-order valence-corrected chi connectivity index (χ4v) is 3.57. The second-order valence-electron chi connectivity index (χ2n) is 8.11. The molecule has 0 aliphatic carbocycles. The van der Waals surface area contributed by atoms with Crippen LogP contribution in [-0.2, 0) is 11.2 Å². The van der Waals surface area contributed by atoms with Crippen LogP contribution in [0.5, 0.6) is 0 Å². The highest BCUT2D eigenvalue weighted by atomic mass is 19.1. The highest BCUT2D eigenvalue weighted by Gasteiger charge is 2.38. The molecule has 6 heteroatoms. The van der Waals surface area contributed by atoms with Crippen molar-refractivity contribution in [3.8, 4) is 0 Å². The van der Waals surface area contributed by atoms with Gasteiger partial charge in [-0.15, -0.1) is 0 Å². The Kier molecular flexibility index (Phi) is 5.49. The molecule has 0 saturated heterocycles. The zero-order valence-corrected chi connectivity index (χ0v) is 16.2. The van der Waals surface area contributed by atoms with Gasteiger partial charge in [-0.1, -0.05) is 57.2 Å². The van der Waals surface area contributed by atoms with E-state index in [-0.39, 0.29) is 11.6 Å². The smallest absolute Gasteiger partial charge is 0.254 e. The van der Waals surface area contributed by atoms with Crippen molar-refractivity contribution in [2.45, 2.75) is 39.2 Å². The van der Waals surface area contributed by atoms with Crippen molar-refractivity contribution in [2.24, 2.45) is 16.1 Å². The van der Waals surface area contributed by atoms with E-state index in [1.165, 1.54) is 6.07 Å². The minimum atomic E-state index is -1.14. The molecule has 2 atom stereocenters. The number of nitrogens with two attached hydrogens (primary N) is 1. The van der Waals surface area contributed by atoms with Gasteiger partial charge in [0.05, 0.1) is 12.0 Å². The van der Waals surface area contributed by atoms with Crippen molar-refractivity contribution in [2.75, 3.05) is 6.61 Å². The van der Waals surface area contributed by atoms with Crippen molar-refractivity contribution >= 4 is 11.8 Å². The van der Waals surface area contributed by atoms with E-state index in [9.17, 15) is 9.18 Å². The summed E-state index contributed by atoms with van der Waals surface area (Å²) in [6, 6.07) is 12.2. The van der Waals surface area contributed by atoms with E-state index >= 15 is 4.39 Å². The molecule has 1 aliphatic rings. The molecular weight excluding hydrogens is 362 g/mol. The van der Waals surface area contributed by atoms with Crippen LogP contribution in [0.15, 0.2) is 47.5 Å². The summed E-state index contributed by atoms with van der Waals surface area (Å²) in [6.45, 7) is 6.14. The van der Waals surface area contributed by atoms with Crippen molar-refractivity contribution in [3.63, 3.8) is 0 Å². The van der Waals surface area contributed by atoms with Crippen LogP contribution >= 0.6 is 0 Å². The SMILES string of the molecule is CC(C)(C)[C@H](C1=N[C@@H](Cc2ccccc2)CO1)c1ccc(F)c(C(N)=O)c1F. The molecular formula is C22H24F2N2O2. The zero-order valence-electron chi connectivity index (χ0n) is 16.2. The van der Waals surface area contributed by atoms with Crippen molar-refractivity contribution in [1.29, 1.82) is 0 Å². The van der Waals surface area contributed by atoms with Crippen LogP contribution < -0.4 is 5.73 Å². The first-order valence-corrected chi connectivity index (χ1v) is 9.20. The number of amides is 1. The molecule has 148 valence electrons. The number of benzene rings is 2. The van der Waals surface area contributed by atoms with Crippen molar-refractivity contribution in [1.82, 2.24) is 0 Å². The molecule has 3 rings (SSSR count). The number of carbonyl (C=O) groups is 1. The number of hydrogen-bond donors (Lipinski definition) is 1. The van der Waals surface area contributed by atoms with Gasteiger partial charge in [0, 0.05) is 5.56 Å². The predicted octanol–water partition coefficient (Wildman–Crippen LogP) is 4.23. The number of nitrogens with zero attached hydrogens (tertiary/aromatic N) is 1. The van der Waals surface area contributed by atoms with Crippen LogP contribution in [0.2, 0.25) is 0 Å². The third kappa shape index (κ3) is 4.06. The second-order valence-corrected chi connectivity index (χ2v) is 8.11. The molecule has 2 aromatic rings. The Balaban J connectivity index is 1.98. The fourth-order valence-electron chi connectivity index (χ4n) is 3.57. The normalized spacial score (nSPS) is 17.8. The third-order valence-corrected chi connectivity index (χ3v) is 4.84. The van der Waals surface area contributed by atoms with E-state index in [4.69, 9.17) is 10.5 Å². The highest BCUT2D eigenvalue weighted by Crippen LogP contribution is 2.40. The number of rotatable bonds is 5. The van der Waals surface area contributed by atoms with Crippen LogP contribution in [-0.4, -0.2) is 24.5 Å². The topological polar surface area (TPSA) is 64.7 Å². The van der Waals surface area contributed by atoms with E-state index in [2.05, 4.69) is 4.99 Å². The summed E-state index contributed by atoms with van der Waals surface area (Å²) in [5.74, 6) is -3.25. The lowest BCUT2D eigenvalue weighted by molar-refractivity contribution is 0.0991. The van der Waals surface area contributed by atoms with Crippen LogP contribution in [0.3, 0.4) is 0 Å². The Labute approximate surface area is 163 Å². The molecule has 0 radical (unpaired) electrons. The van der Waals surface area contributed by atoms with Crippen LogP contribution in [0.1, 0.15) is 48.2 Å². The number of hydrogen-bond acceptors (Lipinski definition) is 3. The molecule has 0 bridgehead atoms. The first-order valence-electron chi connectivity index (χ1n) is 9.20. The van der Waals surface area contributed by atoms with Crippen molar-refractivity contribution < 1.29 is 18.3 Å². The van der Waals surface area contributed by atoms with Crippen LogP contribution in [0, 0.1) is 17.0 Å². The fraction of sp³-hybridized carbons (Fsp3) is 0.364. The second kappa shape index (κ2) is 7.70. The molecule has 4 nitrogen and oxygen atoms in total. The van der Waals surface area contributed by atoms with Gasteiger partial charge in [-0.3, -0.25) is 4.79 Å². The van der Waals surface area contributed by atoms with Gasteiger partial charge in [0.15, 0.2) is 5.90 Å². The zero-order chi connectivity index (χ0) is 20.5. The quantitative estimate of drug-likeness (QED) is 0.836. The van der Waals surface area contributed by atoms with Crippen LogP contribution in [0.25, 0.3) is 0 Å². The summed E-state index contributed by atoms with van der Waals surface area (Å²) in [5.41, 5.74) is 5.26. The summed E-state index contributed by atoms with van der Waals surface area (Å²) < 4.78 is 34.8. The Morgan fingerprint density at radius 2 is 1.89 bits per heavy atom. The maximum Gasteiger partial charge on any atom is 0.254 e. The Bertz CT molecular complexity index is 905. The Morgan fingerprint density at radius 1 is 1.21 bits per heavy atom. The summed E-state index contributed by atoms with van der Waals surface area (Å²) in [5, 5.41) is 0. The standard InChI is InChI=1S/C22H24F2N2O2/c1-22(2,3)18(15-9-10-16(23)17(19(15)24)20(25)27)21-26-14(12-28-21)11-13-7-5-4-6-8-13/h4-10,14,18H,11-12H2,1-3H3,(H2,25,27)/t14-,18-/m0/s1. The number of aliphatic imine (C=N–C) groups is 1. The van der Waals surface area contributed by atoms with E-state index in [0.29, 0.717) is 18.9 Å². The molecule has 2 N–H and O–H groups in total. The lowest BCUT2D eigenvalue weighted by Gasteiger charge is -2.31.